The Morgan fingerprint density at radius 1 is 1.23 bits per heavy atom. The van der Waals surface area contributed by atoms with E-state index in [-0.39, 0.29) is 16.6 Å². The monoisotopic (exact) mass is 376 g/mol. The number of rotatable bonds is 5. The van der Waals surface area contributed by atoms with Gasteiger partial charge in [0.05, 0.1) is 29.8 Å². The van der Waals surface area contributed by atoms with Crippen LogP contribution in [0.4, 0.5) is 4.39 Å². The highest BCUT2D eigenvalue weighted by atomic mass is 35.5. The zero-order valence-electron chi connectivity index (χ0n) is 14.7. The Hall–Kier alpha value is -1.95. The van der Waals surface area contributed by atoms with Gasteiger partial charge in [-0.3, -0.25) is 9.69 Å². The van der Waals surface area contributed by atoms with Crippen molar-refractivity contribution in [2.24, 2.45) is 0 Å². The van der Waals surface area contributed by atoms with Crippen LogP contribution in [0.1, 0.15) is 27.5 Å². The molecule has 6 heteroatoms. The van der Waals surface area contributed by atoms with Gasteiger partial charge >= 0.3 is 0 Å². The summed E-state index contributed by atoms with van der Waals surface area (Å²) in [5, 5.41) is 2.96. The van der Waals surface area contributed by atoms with Crippen LogP contribution in [0, 0.1) is 12.7 Å². The SMILES string of the molecule is Cc1ccc([C@H](CNC(=O)c2c(F)cccc2Cl)N2CCOCC2)cc1. The Bertz CT molecular complexity index is 741. The van der Waals surface area contributed by atoms with Gasteiger partial charge in [-0.25, -0.2) is 4.39 Å². The maximum absolute atomic E-state index is 14.0. The summed E-state index contributed by atoms with van der Waals surface area (Å²) in [5.74, 6) is -1.12. The lowest BCUT2D eigenvalue weighted by Gasteiger charge is -2.35. The number of carbonyl (C=O) groups excluding carboxylic acids is 1. The third-order valence-corrected chi connectivity index (χ3v) is 4.91. The second-order valence-corrected chi connectivity index (χ2v) is 6.79. The van der Waals surface area contributed by atoms with Gasteiger partial charge in [0.2, 0.25) is 0 Å². The van der Waals surface area contributed by atoms with E-state index in [2.05, 4.69) is 34.5 Å². The molecule has 1 atom stereocenters. The minimum atomic E-state index is -0.617. The molecule has 0 spiro atoms. The lowest BCUT2D eigenvalue weighted by molar-refractivity contribution is 0.0162. The first-order valence-electron chi connectivity index (χ1n) is 8.67. The van der Waals surface area contributed by atoms with Crippen molar-refractivity contribution >= 4 is 17.5 Å². The van der Waals surface area contributed by atoms with Crippen LogP contribution in [0.2, 0.25) is 5.02 Å². The second kappa shape index (κ2) is 8.62. The van der Waals surface area contributed by atoms with Crippen molar-refractivity contribution in [1.29, 1.82) is 0 Å². The zero-order valence-corrected chi connectivity index (χ0v) is 15.4. The highest BCUT2D eigenvalue weighted by Gasteiger charge is 2.24. The molecular weight excluding hydrogens is 355 g/mol. The molecule has 0 aliphatic carbocycles. The van der Waals surface area contributed by atoms with E-state index in [4.69, 9.17) is 16.3 Å². The quantitative estimate of drug-likeness (QED) is 0.867. The van der Waals surface area contributed by atoms with Crippen molar-refractivity contribution in [2.75, 3.05) is 32.8 Å². The average Bonchev–Trinajstić information content (AvgIpc) is 2.64. The van der Waals surface area contributed by atoms with Crippen molar-refractivity contribution in [3.05, 3.63) is 70.0 Å². The average molecular weight is 377 g/mol. The number of aryl methyl sites for hydroxylation is 1. The van der Waals surface area contributed by atoms with E-state index in [0.29, 0.717) is 19.8 Å². The molecule has 2 aromatic carbocycles. The summed E-state index contributed by atoms with van der Waals surface area (Å²) in [6.45, 7) is 5.30. The molecule has 3 rings (SSSR count). The molecule has 0 unspecified atom stereocenters. The molecule has 1 aliphatic heterocycles. The maximum atomic E-state index is 14.0. The first kappa shape index (κ1) is 18.8. The summed E-state index contributed by atoms with van der Waals surface area (Å²) in [6, 6.07) is 12.5. The van der Waals surface area contributed by atoms with Crippen LogP contribution in [0.3, 0.4) is 0 Å². The van der Waals surface area contributed by atoms with Crippen LogP contribution in [-0.2, 0) is 4.74 Å². The van der Waals surface area contributed by atoms with Gasteiger partial charge in [0.1, 0.15) is 5.82 Å². The van der Waals surface area contributed by atoms with Gasteiger partial charge in [-0.1, -0.05) is 47.5 Å². The third-order valence-electron chi connectivity index (χ3n) is 4.59. The number of benzene rings is 2. The summed E-state index contributed by atoms with van der Waals surface area (Å²) in [5.41, 5.74) is 2.17. The Morgan fingerprint density at radius 3 is 2.58 bits per heavy atom. The number of carbonyl (C=O) groups is 1. The van der Waals surface area contributed by atoms with Gasteiger partial charge in [-0.15, -0.1) is 0 Å². The van der Waals surface area contributed by atoms with Crippen LogP contribution >= 0.6 is 11.6 Å². The predicted octanol–water partition coefficient (Wildman–Crippen LogP) is 3.59. The smallest absolute Gasteiger partial charge is 0.255 e. The van der Waals surface area contributed by atoms with Crippen molar-refractivity contribution in [2.45, 2.75) is 13.0 Å². The van der Waals surface area contributed by atoms with E-state index in [1.54, 1.807) is 0 Å². The number of hydrogen-bond acceptors (Lipinski definition) is 3. The summed E-state index contributed by atoms with van der Waals surface area (Å²) in [4.78, 5) is 14.8. The fraction of sp³-hybridized carbons (Fsp3) is 0.350. The van der Waals surface area contributed by atoms with Crippen molar-refractivity contribution in [3.63, 3.8) is 0 Å². The van der Waals surface area contributed by atoms with E-state index in [9.17, 15) is 9.18 Å². The number of nitrogens with one attached hydrogen (secondary N) is 1. The molecule has 1 amide bonds. The van der Waals surface area contributed by atoms with E-state index in [1.165, 1.54) is 23.8 Å². The molecule has 1 aliphatic rings. The minimum Gasteiger partial charge on any atom is -0.379 e. The molecule has 1 N–H and O–H groups in total. The number of hydrogen-bond donors (Lipinski definition) is 1. The molecule has 138 valence electrons. The van der Waals surface area contributed by atoms with Gasteiger partial charge in [-0.05, 0) is 24.6 Å². The van der Waals surface area contributed by atoms with Gasteiger partial charge in [-0.2, -0.15) is 0 Å². The molecule has 0 saturated carbocycles. The van der Waals surface area contributed by atoms with Gasteiger partial charge in [0.15, 0.2) is 0 Å². The molecule has 2 aromatic rings. The Balaban J connectivity index is 1.77. The molecule has 0 aromatic heterocycles. The minimum absolute atomic E-state index is 0.00556. The molecule has 26 heavy (non-hydrogen) atoms. The van der Waals surface area contributed by atoms with Crippen molar-refractivity contribution in [1.82, 2.24) is 10.2 Å². The van der Waals surface area contributed by atoms with E-state index in [0.717, 1.165) is 18.7 Å². The summed E-state index contributed by atoms with van der Waals surface area (Å²) >= 11 is 6.00. The van der Waals surface area contributed by atoms with E-state index in [1.807, 2.05) is 6.92 Å². The van der Waals surface area contributed by atoms with E-state index >= 15 is 0 Å². The largest absolute Gasteiger partial charge is 0.379 e. The number of nitrogens with zero attached hydrogens (tertiary/aromatic N) is 1. The topological polar surface area (TPSA) is 41.6 Å². The molecule has 1 fully saturated rings. The van der Waals surface area contributed by atoms with Crippen LogP contribution in [-0.4, -0.2) is 43.7 Å². The summed E-state index contributed by atoms with van der Waals surface area (Å²) in [6.07, 6.45) is 0. The Kier molecular flexibility index (Phi) is 6.25. The first-order valence-corrected chi connectivity index (χ1v) is 9.04. The molecule has 0 radical (unpaired) electrons. The second-order valence-electron chi connectivity index (χ2n) is 6.38. The standard InChI is InChI=1S/C20H22ClFN2O2/c1-14-5-7-15(8-6-14)18(24-9-11-26-12-10-24)13-23-20(25)19-16(21)3-2-4-17(19)22/h2-8,18H,9-13H2,1H3,(H,23,25)/t18-/m0/s1. The Morgan fingerprint density at radius 2 is 1.92 bits per heavy atom. The first-order chi connectivity index (χ1) is 12.6. The molecule has 4 nitrogen and oxygen atoms in total. The third kappa shape index (κ3) is 4.41. The van der Waals surface area contributed by atoms with Crippen LogP contribution in [0.5, 0.6) is 0 Å². The number of ether oxygens (including phenoxy) is 1. The highest BCUT2D eigenvalue weighted by molar-refractivity contribution is 6.33. The Labute approximate surface area is 157 Å². The van der Waals surface area contributed by atoms with Crippen LogP contribution < -0.4 is 5.32 Å². The maximum Gasteiger partial charge on any atom is 0.255 e. The van der Waals surface area contributed by atoms with Gasteiger partial charge in [0, 0.05) is 19.6 Å². The number of amides is 1. The van der Waals surface area contributed by atoms with E-state index < -0.39 is 11.7 Å². The van der Waals surface area contributed by atoms with Gasteiger partial charge in [0.25, 0.3) is 5.91 Å². The molecular formula is C20H22ClFN2O2. The van der Waals surface area contributed by atoms with Crippen molar-refractivity contribution in [3.8, 4) is 0 Å². The lowest BCUT2D eigenvalue weighted by atomic mass is 10.0. The molecule has 1 saturated heterocycles. The summed E-state index contributed by atoms with van der Waals surface area (Å²) in [7, 11) is 0. The van der Waals surface area contributed by atoms with Gasteiger partial charge < -0.3 is 10.1 Å². The highest BCUT2D eigenvalue weighted by Crippen LogP contribution is 2.23. The lowest BCUT2D eigenvalue weighted by Crippen LogP contribution is -2.44. The normalized spacial score (nSPS) is 16.3. The molecule has 0 bridgehead atoms. The zero-order chi connectivity index (χ0) is 18.5. The predicted molar refractivity (Wildman–Crippen MR) is 100 cm³/mol. The molecule has 1 heterocycles. The van der Waals surface area contributed by atoms with Crippen molar-refractivity contribution < 1.29 is 13.9 Å². The number of halogens is 2. The van der Waals surface area contributed by atoms with Crippen LogP contribution in [0.15, 0.2) is 42.5 Å². The fourth-order valence-electron chi connectivity index (χ4n) is 3.13. The summed E-state index contributed by atoms with van der Waals surface area (Å²) < 4.78 is 19.4. The van der Waals surface area contributed by atoms with Crippen LogP contribution in [0.25, 0.3) is 0 Å². The number of morpholine rings is 1. The fourth-order valence-corrected chi connectivity index (χ4v) is 3.38.